The van der Waals surface area contributed by atoms with Gasteiger partial charge in [-0.15, -0.1) is 0 Å². The average Bonchev–Trinajstić information content (AvgIpc) is 2.45. The fourth-order valence-corrected chi connectivity index (χ4v) is 2.63. The zero-order valence-electron chi connectivity index (χ0n) is 15.1. The molecule has 0 spiro atoms. The van der Waals surface area contributed by atoms with Crippen molar-refractivity contribution in [1.29, 1.82) is 0 Å². The standard InChI is InChI=1S/C19H33NO3/c1-19(2,3)23-18(22)20-16-14-12-10-8-6-4-5-7-9-11-13-15-17(20)21/h12,14H,4-11,13,15-16H2,1-3H3/b14-12+. The lowest BCUT2D eigenvalue weighted by Crippen LogP contribution is -2.40. The van der Waals surface area contributed by atoms with Crippen molar-refractivity contribution >= 4 is 12.0 Å². The minimum atomic E-state index is -0.585. The molecule has 0 saturated heterocycles. The Morgan fingerprint density at radius 2 is 1.52 bits per heavy atom. The normalized spacial score (nSPS) is 21.2. The van der Waals surface area contributed by atoms with Crippen molar-refractivity contribution in [3.8, 4) is 0 Å². The molecule has 0 saturated carbocycles. The summed E-state index contributed by atoms with van der Waals surface area (Å²) in [5.74, 6) is -0.126. The maximum atomic E-state index is 12.4. The third-order valence-corrected chi connectivity index (χ3v) is 3.88. The molecule has 0 radical (unpaired) electrons. The van der Waals surface area contributed by atoms with Gasteiger partial charge >= 0.3 is 6.09 Å². The van der Waals surface area contributed by atoms with E-state index in [1.807, 2.05) is 26.8 Å². The van der Waals surface area contributed by atoms with Gasteiger partial charge in [-0.3, -0.25) is 4.79 Å². The van der Waals surface area contributed by atoms with Gasteiger partial charge in [-0.05, 0) is 40.0 Å². The number of ether oxygens (including phenoxy) is 1. The molecule has 0 aromatic rings. The molecule has 0 aromatic carbocycles. The van der Waals surface area contributed by atoms with Crippen LogP contribution in [0.5, 0.6) is 0 Å². The molecule has 0 unspecified atom stereocenters. The Labute approximate surface area is 141 Å². The second kappa shape index (κ2) is 10.5. The quantitative estimate of drug-likeness (QED) is 0.574. The van der Waals surface area contributed by atoms with Crippen LogP contribution in [0.3, 0.4) is 0 Å². The molecular weight excluding hydrogens is 290 g/mol. The summed E-state index contributed by atoms with van der Waals surface area (Å²) in [4.78, 5) is 25.9. The van der Waals surface area contributed by atoms with Gasteiger partial charge in [-0.1, -0.05) is 50.7 Å². The Morgan fingerprint density at radius 3 is 2.13 bits per heavy atom. The van der Waals surface area contributed by atoms with Crippen LogP contribution in [0.1, 0.15) is 85.0 Å². The van der Waals surface area contributed by atoms with Gasteiger partial charge in [-0.25, -0.2) is 9.69 Å². The lowest BCUT2D eigenvalue weighted by Gasteiger charge is -2.25. The zero-order valence-corrected chi connectivity index (χ0v) is 15.1. The molecule has 0 N–H and O–H groups in total. The Hall–Kier alpha value is -1.32. The van der Waals surface area contributed by atoms with Crippen molar-refractivity contribution in [1.82, 2.24) is 4.90 Å². The van der Waals surface area contributed by atoms with E-state index in [9.17, 15) is 9.59 Å². The summed E-state index contributed by atoms with van der Waals surface area (Å²) in [5, 5.41) is 0. The Morgan fingerprint density at radius 1 is 0.957 bits per heavy atom. The Bertz CT molecular complexity index is 396. The second-order valence-corrected chi connectivity index (χ2v) is 7.32. The summed E-state index contributed by atoms with van der Waals surface area (Å²) in [5.41, 5.74) is -0.585. The molecule has 132 valence electrons. The fourth-order valence-electron chi connectivity index (χ4n) is 2.63. The molecule has 4 heteroatoms. The molecule has 0 bridgehead atoms. The number of carbonyl (C=O) groups excluding carboxylic acids is 2. The molecule has 1 aliphatic rings. The van der Waals surface area contributed by atoms with E-state index in [4.69, 9.17) is 4.74 Å². The first-order chi connectivity index (χ1) is 10.9. The first kappa shape index (κ1) is 19.7. The molecule has 4 nitrogen and oxygen atoms in total. The number of hydrogen-bond donors (Lipinski definition) is 0. The maximum absolute atomic E-state index is 12.4. The fraction of sp³-hybridized carbons (Fsp3) is 0.789. The lowest BCUT2D eigenvalue weighted by molar-refractivity contribution is -0.130. The minimum Gasteiger partial charge on any atom is -0.443 e. The summed E-state index contributed by atoms with van der Waals surface area (Å²) in [6, 6.07) is 0. The van der Waals surface area contributed by atoms with Crippen molar-refractivity contribution in [2.75, 3.05) is 6.54 Å². The molecule has 0 atom stereocenters. The average molecular weight is 323 g/mol. The first-order valence-corrected chi connectivity index (χ1v) is 9.08. The van der Waals surface area contributed by atoms with Crippen LogP contribution in [0, 0.1) is 0 Å². The summed E-state index contributed by atoms with van der Waals surface area (Å²) in [6.45, 7) is 5.77. The van der Waals surface area contributed by atoms with Gasteiger partial charge in [0.25, 0.3) is 0 Å². The van der Waals surface area contributed by atoms with Crippen LogP contribution < -0.4 is 0 Å². The molecule has 1 heterocycles. The van der Waals surface area contributed by atoms with Crippen LogP contribution in [0.4, 0.5) is 4.79 Å². The summed E-state index contributed by atoms with van der Waals surface area (Å²) in [7, 11) is 0. The van der Waals surface area contributed by atoms with E-state index in [1.165, 1.54) is 43.4 Å². The van der Waals surface area contributed by atoms with Gasteiger partial charge in [0.15, 0.2) is 0 Å². The third kappa shape index (κ3) is 9.42. The number of allylic oxidation sites excluding steroid dienone is 1. The van der Waals surface area contributed by atoms with Gasteiger partial charge in [0.1, 0.15) is 5.60 Å². The predicted octanol–water partition coefficient (Wildman–Crippen LogP) is 5.22. The van der Waals surface area contributed by atoms with Crippen molar-refractivity contribution in [3.63, 3.8) is 0 Å². The number of imide groups is 1. The lowest BCUT2D eigenvalue weighted by atomic mass is 10.1. The van der Waals surface area contributed by atoms with E-state index < -0.39 is 11.7 Å². The van der Waals surface area contributed by atoms with Crippen LogP contribution in [-0.4, -0.2) is 29.0 Å². The van der Waals surface area contributed by atoms with Crippen molar-refractivity contribution in [2.45, 2.75) is 90.6 Å². The number of amides is 2. The van der Waals surface area contributed by atoms with Gasteiger partial charge < -0.3 is 4.74 Å². The molecule has 0 fully saturated rings. The van der Waals surface area contributed by atoms with Crippen LogP contribution in [0.2, 0.25) is 0 Å². The van der Waals surface area contributed by atoms with Crippen LogP contribution >= 0.6 is 0 Å². The van der Waals surface area contributed by atoms with Crippen molar-refractivity contribution < 1.29 is 14.3 Å². The Kier molecular flexibility index (Phi) is 8.97. The van der Waals surface area contributed by atoms with E-state index in [0.717, 1.165) is 19.3 Å². The topological polar surface area (TPSA) is 46.6 Å². The molecule has 0 aromatic heterocycles. The van der Waals surface area contributed by atoms with Gasteiger partial charge in [0, 0.05) is 6.42 Å². The third-order valence-electron chi connectivity index (χ3n) is 3.88. The zero-order chi connectivity index (χ0) is 17.1. The van der Waals surface area contributed by atoms with E-state index in [-0.39, 0.29) is 5.91 Å². The van der Waals surface area contributed by atoms with Crippen LogP contribution in [-0.2, 0) is 9.53 Å². The highest BCUT2D eigenvalue weighted by Crippen LogP contribution is 2.15. The molecule has 2 amide bonds. The summed E-state index contributed by atoms with van der Waals surface area (Å²) < 4.78 is 5.37. The first-order valence-electron chi connectivity index (χ1n) is 9.08. The highest BCUT2D eigenvalue weighted by atomic mass is 16.6. The molecule has 1 rings (SSSR count). The summed E-state index contributed by atoms with van der Waals surface area (Å²) >= 11 is 0. The molecule has 23 heavy (non-hydrogen) atoms. The smallest absolute Gasteiger partial charge is 0.417 e. The molecular formula is C19H33NO3. The number of rotatable bonds is 0. The maximum Gasteiger partial charge on any atom is 0.417 e. The number of carbonyl (C=O) groups is 2. The van der Waals surface area contributed by atoms with E-state index in [0.29, 0.717) is 13.0 Å². The molecule has 1 aliphatic heterocycles. The molecule has 0 aliphatic carbocycles. The van der Waals surface area contributed by atoms with Gasteiger partial charge in [0.2, 0.25) is 5.91 Å². The highest BCUT2D eigenvalue weighted by molar-refractivity contribution is 5.92. The largest absolute Gasteiger partial charge is 0.443 e. The number of hydrogen-bond acceptors (Lipinski definition) is 3. The van der Waals surface area contributed by atoms with Crippen LogP contribution in [0.25, 0.3) is 0 Å². The summed E-state index contributed by atoms with van der Waals surface area (Å²) in [6.07, 6.45) is 14.3. The highest BCUT2D eigenvalue weighted by Gasteiger charge is 2.25. The SMILES string of the molecule is CC(C)(C)OC(=O)N1C/C=C/CCCCCCCCCCC1=O. The van der Waals surface area contributed by atoms with E-state index in [2.05, 4.69) is 6.08 Å². The van der Waals surface area contributed by atoms with E-state index in [1.54, 1.807) is 0 Å². The van der Waals surface area contributed by atoms with Gasteiger partial charge in [0.05, 0.1) is 6.54 Å². The van der Waals surface area contributed by atoms with Crippen molar-refractivity contribution in [2.24, 2.45) is 0 Å². The minimum absolute atomic E-state index is 0.126. The van der Waals surface area contributed by atoms with Gasteiger partial charge in [-0.2, -0.15) is 0 Å². The van der Waals surface area contributed by atoms with Crippen molar-refractivity contribution in [3.05, 3.63) is 12.2 Å². The van der Waals surface area contributed by atoms with Crippen LogP contribution in [0.15, 0.2) is 12.2 Å². The second-order valence-electron chi connectivity index (χ2n) is 7.32. The Balaban J connectivity index is 2.66. The number of nitrogens with zero attached hydrogens (tertiary/aromatic N) is 1. The predicted molar refractivity (Wildman–Crippen MR) is 93.3 cm³/mol. The van der Waals surface area contributed by atoms with E-state index >= 15 is 0 Å². The monoisotopic (exact) mass is 323 g/mol.